The number of carbonyl (C=O) groups excluding carboxylic acids is 3. The molecule has 2 aromatic heterocycles. The van der Waals surface area contributed by atoms with Crippen molar-refractivity contribution in [3.8, 4) is 0 Å². The molecule has 0 saturated carbocycles. The minimum Gasteiger partial charge on any atom is -0.450 e. The summed E-state index contributed by atoms with van der Waals surface area (Å²) in [4.78, 5) is 46.2. The summed E-state index contributed by atoms with van der Waals surface area (Å²) < 4.78 is 6.82. The summed E-state index contributed by atoms with van der Waals surface area (Å²) in [6.07, 6.45) is 1.50. The third-order valence-corrected chi connectivity index (χ3v) is 7.18. The van der Waals surface area contributed by atoms with E-state index in [-0.39, 0.29) is 11.4 Å². The summed E-state index contributed by atoms with van der Waals surface area (Å²) in [6, 6.07) is 18.4. The van der Waals surface area contributed by atoms with Crippen molar-refractivity contribution in [1.29, 1.82) is 0 Å². The van der Waals surface area contributed by atoms with Crippen LogP contribution >= 0.6 is 46.1 Å². The zero-order valence-corrected chi connectivity index (χ0v) is 21.1. The fourth-order valence-corrected chi connectivity index (χ4v) is 5.13. The van der Waals surface area contributed by atoms with Crippen molar-refractivity contribution in [1.82, 2.24) is 14.9 Å². The summed E-state index contributed by atoms with van der Waals surface area (Å²) in [5, 5.41) is 3.45. The van der Waals surface area contributed by atoms with Crippen LogP contribution in [-0.4, -0.2) is 38.5 Å². The van der Waals surface area contributed by atoms with E-state index < -0.39 is 17.1 Å². The third kappa shape index (κ3) is 5.05. The molecule has 34 heavy (non-hydrogen) atoms. The molecular weight excluding hydrogens is 587 g/mol. The van der Waals surface area contributed by atoms with Crippen molar-refractivity contribution in [2.75, 3.05) is 11.9 Å². The van der Waals surface area contributed by atoms with Crippen LogP contribution in [0.25, 0.3) is 17.1 Å². The summed E-state index contributed by atoms with van der Waals surface area (Å²) >= 11 is 4.26. The number of nitrogens with zero attached hydrogens (tertiary/aromatic N) is 2. The lowest BCUT2D eigenvalue weighted by atomic mass is 10.3. The van der Waals surface area contributed by atoms with Gasteiger partial charge >= 0.3 is 0 Å². The van der Waals surface area contributed by atoms with Gasteiger partial charge in [0.05, 0.1) is 15.9 Å². The molecule has 5 rings (SSSR count). The number of thioether (sulfide) groups is 1. The van der Waals surface area contributed by atoms with Crippen molar-refractivity contribution in [3.63, 3.8) is 0 Å². The van der Waals surface area contributed by atoms with E-state index in [1.54, 1.807) is 24.3 Å². The number of hydrogen-bond acceptors (Lipinski definition) is 7. The molecule has 1 saturated heterocycles. The van der Waals surface area contributed by atoms with E-state index in [0.717, 1.165) is 31.3 Å². The van der Waals surface area contributed by atoms with Gasteiger partial charge in [0, 0.05) is 15.3 Å². The molecule has 1 aliphatic rings. The van der Waals surface area contributed by atoms with Crippen LogP contribution in [0.1, 0.15) is 5.76 Å². The Morgan fingerprint density at radius 3 is 2.74 bits per heavy atom. The van der Waals surface area contributed by atoms with Gasteiger partial charge in [-0.1, -0.05) is 12.1 Å². The summed E-state index contributed by atoms with van der Waals surface area (Å²) in [7, 11) is 0. The number of H-pyrrole nitrogens is 1. The normalized spacial score (nSPS) is 15.0. The van der Waals surface area contributed by atoms with E-state index in [2.05, 4.69) is 37.9 Å². The molecular formula is C23H15IN4O4S2. The van der Waals surface area contributed by atoms with Gasteiger partial charge in [0.1, 0.15) is 12.3 Å². The van der Waals surface area contributed by atoms with Crippen LogP contribution in [-0.2, 0) is 9.59 Å². The zero-order chi connectivity index (χ0) is 23.7. The number of rotatable bonds is 6. The van der Waals surface area contributed by atoms with Gasteiger partial charge < -0.3 is 14.7 Å². The van der Waals surface area contributed by atoms with Gasteiger partial charge in [-0.25, -0.2) is 4.98 Å². The maximum absolute atomic E-state index is 12.7. The Bertz CT molecular complexity index is 1410. The summed E-state index contributed by atoms with van der Waals surface area (Å²) in [5.74, 6) is -0.560. The number of para-hydroxylation sites is 2. The quantitative estimate of drug-likeness (QED) is 0.219. The largest absolute Gasteiger partial charge is 0.450 e. The Morgan fingerprint density at radius 2 is 1.94 bits per heavy atom. The maximum Gasteiger partial charge on any atom is 0.294 e. The highest BCUT2D eigenvalue weighted by Gasteiger charge is 2.36. The van der Waals surface area contributed by atoms with E-state index >= 15 is 0 Å². The average Bonchev–Trinajstić information content (AvgIpc) is 3.50. The number of aromatic amines is 1. The van der Waals surface area contributed by atoms with Crippen LogP contribution in [0.3, 0.4) is 0 Å². The van der Waals surface area contributed by atoms with E-state index in [1.807, 2.05) is 36.4 Å². The number of carbonyl (C=O) groups is 3. The lowest BCUT2D eigenvalue weighted by molar-refractivity contribution is -0.127. The molecule has 0 bridgehead atoms. The Balaban J connectivity index is 1.24. The lowest BCUT2D eigenvalue weighted by Crippen LogP contribution is -2.36. The highest BCUT2D eigenvalue weighted by atomic mass is 127. The standard InChI is InChI=1S/C23H15IN4O4S2/c24-13-5-7-14(8-6-13)25-19(29)12-28-21(30)18(33-23(28)31)11-15-9-10-20(32-15)34-22-26-16-3-1-2-4-17(16)27-22/h1-11H,12H2,(H,25,29)(H,26,27)/b18-11-. The molecule has 1 fully saturated rings. The van der Waals surface area contributed by atoms with Gasteiger partial charge in [-0.3, -0.25) is 19.3 Å². The van der Waals surface area contributed by atoms with Crippen molar-refractivity contribution >= 4 is 86.0 Å². The second-order valence-corrected chi connectivity index (χ2v) is 10.4. The van der Waals surface area contributed by atoms with Crippen LogP contribution in [0.4, 0.5) is 10.5 Å². The Labute approximate surface area is 215 Å². The summed E-state index contributed by atoms with van der Waals surface area (Å²) in [5.41, 5.74) is 2.38. The molecule has 170 valence electrons. The highest BCUT2D eigenvalue weighted by Crippen LogP contribution is 2.34. The number of halogens is 1. The molecule has 0 atom stereocenters. The predicted octanol–water partition coefficient (Wildman–Crippen LogP) is 5.59. The number of benzene rings is 2. The topological polar surface area (TPSA) is 108 Å². The van der Waals surface area contributed by atoms with Gasteiger partial charge in [0.2, 0.25) is 5.91 Å². The van der Waals surface area contributed by atoms with E-state index in [9.17, 15) is 14.4 Å². The van der Waals surface area contributed by atoms with Gasteiger partial charge in [-0.2, -0.15) is 0 Å². The van der Waals surface area contributed by atoms with E-state index in [1.165, 1.54) is 17.8 Å². The van der Waals surface area contributed by atoms with Crippen LogP contribution < -0.4 is 5.32 Å². The van der Waals surface area contributed by atoms with Crippen LogP contribution in [0, 0.1) is 3.57 Å². The molecule has 0 aliphatic carbocycles. The number of furan rings is 1. The van der Waals surface area contributed by atoms with Crippen molar-refractivity contribution < 1.29 is 18.8 Å². The molecule has 1 aliphatic heterocycles. The zero-order valence-electron chi connectivity index (χ0n) is 17.3. The second-order valence-electron chi connectivity index (χ2n) is 7.14. The maximum atomic E-state index is 12.7. The van der Waals surface area contributed by atoms with Gasteiger partial charge in [-0.05, 0) is 94.6 Å². The SMILES string of the molecule is O=C(CN1C(=O)S/C(=C\c2ccc(Sc3nc4ccccc4[nH]3)o2)C1=O)Nc1ccc(I)cc1. The highest BCUT2D eigenvalue weighted by molar-refractivity contribution is 14.1. The molecule has 11 heteroatoms. The molecule has 0 unspecified atom stereocenters. The Hall–Kier alpha value is -3.03. The number of amides is 3. The number of hydrogen-bond donors (Lipinski definition) is 2. The van der Waals surface area contributed by atoms with E-state index in [4.69, 9.17) is 4.42 Å². The molecule has 3 amide bonds. The molecule has 3 heterocycles. The van der Waals surface area contributed by atoms with Crippen molar-refractivity contribution in [3.05, 3.63) is 74.9 Å². The molecule has 2 N–H and O–H groups in total. The first kappa shape index (κ1) is 22.7. The number of anilines is 1. The second kappa shape index (κ2) is 9.68. The molecule has 0 spiro atoms. The first-order valence-electron chi connectivity index (χ1n) is 9.98. The van der Waals surface area contributed by atoms with Crippen LogP contribution in [0.2, 0.25) is 0 Å². The number of fused-ring (bicyclic) bond motifs is 1. The number of imidazole rings is 1. The molecule has 4 aromatic rings. The molecule has 8 nitrogen and oxygen atoms in total. The van der Waals surface area contributed by atoms with E-state index in [0.29, 0.717) is 21.7 Å². The number of nitrogens with one attached hydrogen (secondary N) is 2. The first-order chi connectivity index (χ1) is 16.4. The molecule has 0 radical (unpaired) electrons. The first-order valence-corrected chi connectivity index (χ1v) is 12.7. The Kier molecular flexibility index (Phi) is 6.48. The van der Waals surface area contributed by atoms with Gasteiger partial charge in [-0.15, -0.1) is 0 Å². The van der Waals surface area contributed by atoms with Crippen LogP contribution in [0.15, 0.2) is 80.2 Å². The smallest absolute Gasteiger partial charge is 0.294 e. The number of imide groups is 1. The third-order valence-electron chi connectivity index (χ3n) is 4.74. The lowest BCUT2D eigenvalue weighted by Gasteiger charge is -2.12. The number of aromatic nitrogens is 2. The Morgan fingerprint density at radius 1 is 1.15 bits per heavy atom. The minimum atomic E-state index is -0.532. The minimum absolute atomic E-state index is 0.196. The monoisotopic (exact) mass is 602 g/mol. The average molecular weight is 602 g/mol. The fraction of sp³-hybridized carbons (Fsp3) is 0.0435. The fourth-order valence-electron chi connectivity index (χ4n) is 3.18. The van der Waals surface area contributed by atoms with Gasteiger partial charge in [0.25, 0.3) is 11.1 Å². The van der Waals surface area contributed by atoms with Crippen molar-refractivity contribution in [2.45, 2.75) is 10.2 Å². The summed E-state index contributed by atoms with van der Waals surface area (Å²) in [6.45, 7) is -0.362. The van der Waals surface area contributed by atoms with Gasteiger partial charge in [0.15, 0.2) is 10.2 Å². The van der Waals surface area contributed by atoms with Crippen molar-refractivity contribution in [2.24, 2.45) is 0 Å². The predicted molar refractivity (Wildman–Crippen MR) is 139 cm³/mol. The molecule has 2 aromatic carbocycles. The van der Waals surface area contributed by atoms with Crippen LogP contribution in [0.5, 0.6) is 0 Å².